The number of hydrogen-bond acceptors (Lipinski definition) is 6. The number of carbonyl (C=O) groups is 1. The quantitative estimate of drug-likeness (QED) is 0.233. The Labute approximate surface area is 237 Å². The second kappa shape index (κ2) is 11.9. The van der Waals surface area contributed by atoms with E-state index in [1.165, 1.54) is 19.1 Å². The van der Waals surface area contributed by atoms with E-state index in [0.29, 0.717) is 9.21 Å². The van der Waals surface area contributed by atoms with E-state index in [1.54, 1.807) is 0 Å². The molecule has 0 saturated heterocycles. The van der Waals surface area contributed by atoms with E-state index < -0.39 is 65.6 Å². The van der Waals surface area contributed by atoms with Gasteiger partial charge in [0.05, 0.1) is 10.8 Å². The van der Waals surface area contributed by atoms with Crippen molar-refractivity contribution >= 4 is 53.7 Å². The zero-order chi connectivity index (χ0) is 30.0. The third kappa shape index (κ3) is 7.41. The van der Waals surface area contributed by atoms with Crippen LogP contribution in [0.25, 0.3) is 11.9 Å². The molecule has 3 rings (SSSR count). The first-order valence-electron chi connectivity index (χ1n) is 12.1. The van der Waals surface area contributed by atoms with Crippen molar-refractivity contribution in [2.24, 2.45) is 4.99 Å². The van der Waals surface area contributed by atoms with Crippen LogP contribution in [0.2, 0.25) is 30.7 Å². The number of amides is 1. The third-order valence-corrected chi connectivity index (χ3v) is 10.0. The number of pyridine rings is 1. The normalized spacial score (nSPS) is 19.4. The van der Waals surface area contributed by atoms with Crippen LogP contribution in [0.3, 0.4) is 0 Å². The number of aliphatic imine (C=N–C) groups is 1. The molecule has 1 aromatic heterocycles. The van der Waals surface area contributed by atoms with Crippen LogP contribution in [0.1, 0.15) is 23.7 Å². The summed E-state index contributed by atoms with van der Waals surface area (Å²) in [5.74, 6) is -3.84. The molecule has 1 aliphatic heterocycles. The minimum Gasteiger partial charge on any atom is -0.465 e. The summed E-state index contributed by atoms with van der Waals surface area (Å²) in [5, 5.41) is 9.55. The molecule has 1 aromatic carbocycles. The molecule has 1 atom stereocenters. The van der Waals surface area contributed by atoms with Crippen LogP contribution in [-0.2, 0) is 20.3 Å². The lowest BCUT2D eigenvalue weighted by molar-refractivity contribution is 0.0653. The van der Waals surface area contributed by atoms with Gasteiger partial charge in [-0.2, -0.15) is 0 Å². The Morgan fingerprint density at radius 3 is 2.55 bits per heavy atom. The van der Waals surface area contributed by atoms with E-state index in [4.69, 9.17) is 16.3 Å². The van der Waals surface area contributed by atoms with E-state index in [9.17, 15) is 27.1 Å². The van der Waals surface area contributed by atoms with Gasteiger partial charge in [0.1, 0.15) is 35.4 Å². The number of sulfonamides is 1. The Hall–Kier alpha value is -2.94. The van der Waals surface area contributed by atoms with Crippen LogP contribution in [0.4, 0.5) is 18.0 Å². The molecule has 218 valence electrons. The highest BCUT2D eigenvalue weighted by Gasteiger charge is 2.45. The topological polar surface area (TPSA) is 112 Å². The van der Waals surface area contributed by atoms with Crippen LogP contribution in [-0.4, -0.2) is 74.0 Å². The van der Waals surface area contributed by atoms with Crippen LogP contribution in [0.5, 0.6) is 0 Å². The largest absolute Gasteiger partial charge is 0.465 e. The molecule has 9 nitrogen and oxygen atoms in total. The van der Waals surface area contributed by atoms with Gasteiger partial charge in [-0.25, -0.2) is 40.6 Å². The molecule has 0 saturated carbocycles. The van der Waals surface area contributed by atoms with Gasteiger partial charge in [-0.05, 0) is 36.7 Å². The molecule has 1 amide bonds. The summed E-state index contributed by atoms with van der Waals surface area (Å²) >= 11 is 5.59. The molecule has 1 N–H and O–H groups in total. The van der Waals surface area contributed by atoms with E-state index >= 15 is 4.39 Å². The standard InChI is InChI=1S/C25H30ClF3N4O5SSi/c1-25(17-10-16(6-7-19(17)27)11-21(29)22-12-20(28)18(26)13-30-22)14-39(36,37)32(2)23(31-25)33(24(34)35)15-38-8-9-40(3,4)5/h6-7,10-13H,8-9,14-15H2,1-5H3,(H,34,35). The average molecular weight is 619 g/mol. The number of benzene rings is 1. The summed E-state index contributed by atoms with van der Waals surface area (Å²) in [6, 6.07) is 4.98. The van der Waals surface area contributed by atoms with Gasteiger partial charge in [-0.3, -0.25) is 4.98 Å². The highest BCUT2D eigenvalue weighted by Crippen LogP contribution is 2.36. The zero-order valence-electron chi connectivity index (χ0n) is 22.6. The first-order valence-corrected chi connectivity index (χ1v) is 17.8. The zero-order valence-corrected chi connectivity index (χ0v) is 25.2. The predicted octanol–water partition coefficient (Wildman–Crippen LogP) is 5.62. The van der Waals surface area contributed by atoms with Crippen molar-refractivity contribution in [3.8, 4) is 0 Å². The minimum atomic E-state index is -4.17. The van der Waals surface area contributed by atoms with E-state index in [1.807, 2.05) is 0 Å². The number of nitrogens with zero attached hydrogens (tertiary/aromatic N) is 4. The van der Waals surface area contributed by atoms with Crippen molar-refractivity contribution in [1.82, 2.24) is 14.2 Å². The Balaban J connectivity index is 2.03. The molecule has 0 spiro atoms. The van der Waals surface area contributed by atoms with Crippen molar-refractivity contribution in [2.45, 2.75) is 38.1 Å². The number of aromatic nitrogens is 1. The maximum Gasteiger partial charge on any atom is 0.416 e. The fraction of sp³-hybridized carbons (Fsp3) is 0.400. The maximum absolute atomic E-state index is 15.1. The average Bonchev–Trinajstić information content (AvgIpc) is 2.83. The van der Waals surface area contributed by atoms with Crippen molar-refractivity contribution < 1.29 is 36.2 Å². The summed E-state index contributed by atoms with van der Waals surface area (Å²) in [5.41, 5.74) is -2.26. The summed E-state index contributed by atoms with van der Waals surface area (Å²) in [7, 11) is -4.51. The monoisotopic (exact) mass is 618 g/mol. The number of hydrogen-bond donors (Lipinski definition) is 1. The summed E-state index contributed by atoms with van der Waals surface area (Å²) < 4.78 is 76.2. The molecule has 1 unspecified atom stereocenters. The Morgan fingerprint density at radius 1 is 1.27 bits per heavy atom. The molecular weight excluding hydrogens is 589 g/mol. The molecule has 1 aliphatic rings. The number of ether oxygens (including phenoxy) is 1. The predicted molar refractivity (Wildman–Crippen MR) is 150 cm³/mol. The van der Waals surface area contributed by atoms with Gasteiger partial charge in [0.25, 0.3) is 0 Å². The van der Waals surface area contributed by atoms with Crippen LogP contribution < -0.4 is 0 Å². The lowest BCUT2D eigenvalue weighted by Crippen LogP contribution is -2.55. The summed E-state index contributed by atoms with van der Waals surface area (Å²) in [4.78, 5) is 20.8. The minimum absolute atomic E-state index is 0.102. The van der Waals surface area contributed by atoms with Gasteiger partial charge < -0.3 is 9.84 Å². The molecule has 0 aliphatic carbocycles. The van der Waals surface area contributed by atoms with Crippen molar-refractivity contribution in [3.05, 3.63) is 63.9 Å². The third-order valence-electron chi connectivity index (χ3n) is 6.12. The van der Waals surface area contributed by atoms with Crippen molar-refractivity contribution in [2.75, 3.05) is 26.1 Å². The van der Waals surface area contributed by atoms with E-state index in [0.717, 1.165) is 37.5 Å². The number of halogens is 4. The van der Waals surface area contributed by atoms with E-state index in [2.05, 4.69) is 29.6 Å². The van der Waals surface area contributed by atoms with Gasteiger partial charge in [-0.15, -0.1) is 0 Å². The van der Waals surface area contributed by atoms with Gasteiger partial charge in [0.15, 0.2) is 0 Å². The Morgan fingerprint density at radius 2 is 1.95 bits per heavy atom. The smallest absolute Gasteiger partial charge is 0.416 e. The molecule has 2 heterocycles. The molecule has 2 aromatic rings. The highest BCUT2D eigenvalue weighted by atomic mass is 35.5. The molecule has 15 heteroatoms. The van der Waals surface area contributed by atoms with Crippen LogP contribution in [0, 0.1) is 11.6 Å². The molecule has 40 heavy (non-hydrogen) atoms. The molecule has 0 fully saturated rings. The van der Waals surface area contributed by atoms with Crippen molar-refractivity contribution in [1.29, 1.82) is 0 Å². The van der Waals surface area contributed by atoms with Gasteiger partial charge >= 0.3 is 6.09 Å². The number of rotatable bonds is 8. The van der Waals surface area contributed by atoms with Crippen molar-refractivity contribution in [3.63, 3.8) is 0 Å². The van der Waals surface area contributed by atoms with Gasteiger partial charge in [0, 0.05) is 39.6 Å². The number of carboxylic acid groups (broad SMARTS) is 1. The maximum atomic E-state index is 15.1. The first-order chi connectivity index (χ1) is 18.4. The molecule has 0 bridgehead atoms. The summed E-state index contributed by atoms with van der Waals surface area (Å²) in [6.07, 6.45) is 0.394. The van der Waals surface area contributed by atoms with E-state index in [-0.39, 0.29) is 28.5 Å². The summed E-state index contributed by atoms with van der Waals surface area (Å²) in [6.45, 7) is 7.47. The Bertz CT molecular complexity index is 1470. The van der Waals surface area contributed by atoms with Gasteiger partial charge in [-0.1, -0.05) is 37.3 Å². The molecule has 0 radical (unpaired) electrons. The molecular formula is C25H30ClF3N4O5SSi. The SMILES string of the molecule is CN1C(N(COCC[Si](C)(C)C)C(=O)O)=NC(C)(c2cc(C=C(F)c3cc(F)c(Cl)cn3)ccc2F)CS1(=O)=O. The second-order valence-electron chi connectivity index (χ2n) is 10.7. The van der Waals surface area contributed by atoms with Crippen LogP contribution in [0.15, 0.2) is 35.5 Å². The van der Waals surface area contributed by atoms with Crippen LogP contribution >= 0.6 is 11.6 Å². The fourth-order valence-corrected chi connectivity index (χ4v) is 6.18. The Kier molecular flexibility index (Phi) is 9.39. The second-order valence-corrected chi connectivity index (χ2v) is 18.7. The number of guanidine groups is 1. The van der Waals surface area contributed by atoms with Gasteiger partial charge in [0.2, 0.25) is 16.0 Å². The lowest BCUT2D eigenvalue weighted by atomic mass is 9.92. The first kappa shape index (κ1) is 31.6. The highest BCUT2D eigenvalue weighted by molar-refractivity contribution is 7.89. The lowest BCUT2D eigenvalue weighted by Gasteiger charge is -2.38. The fourth-order valence-electron chi connectivity index (χ4n) is 3.81.